The summed E-state index contributed by atoms with van der Waals surface area (Å²) >= 11 is 0. The Kier molecular flexibility index (Phi) is 41.5. The highest BCUT2D eigenvalue weighted by Gasteiger charge is 2.26. The zero-order chi connectivity index (χ0) is 41.1. The summed E-state index contributed by atoms with van der Waals surface area (Å²) in [4.78, 5) is 35.1. The van der Waals surface area contributed by atoms with Crippen LogP contribution in [0.25, 0.3) is 0 Å². The van der Waals surface area contributed by atoms with Gasteiger partial charge in [-0.3, -0.25) is 18.6 Å². The third-order valence-electron chi connectivity index (χ3n) is 9.73. The predicted molar refractivity (Wildman–Crippen MR) is 234 cm³/mol. The van der Waals surface area contributed by atoms with Crippen LogP contribution >= 0.6 is 7.82 Å². The summed E-state index contributed by atoms with van der Waals surface area (Å²) in [5, 5.41) is 2.82. The third-order valence-corrected chi connectivity index (χ3v) is 10.7. The van der Waals surface area contributed by atoms with Crippen LogP contribution in [0.15, 0.2) is 36.5 Å². The van der Waals surface area contributed by atoms with Gasteiger partial charge in [0, 0.05) is 19.4 Å². The highest BCUT2D eigenvalue weighted by molar-refractivity contribution is 7.47. The summed E-state index contributed by atoms with van der Waals surface area (Å²) in [6.07, 6.45) is 46.1. The highest BCUT2D eigenvalue weighted by Crippen LogP contribution is 2.43. The summed E-state index contributed by atoms with van der Waals surface area (Å²) in [6.45, 7) is 4.19. The Balaban J connectivity index is 4.18. The summed E-state index contributed by atoms with van der Waals surface area (Å²) in [5.41, 5.74) is 0. The molecule has 56 heavy (non-hydrogen) atoms. The van der Waals surface area contributed by atoms with Crippen molar-refractivity contribution >= 4 is 19.8 Å². The lowest BCUT2D eigenvalue weighted by atomic mass is 10.1. The molecule has 0 amide bonds. The molecular formula is C46H86NO8P. The first-order chi connectivity index (χ1) is 27.3. The van der Waals surface area contributed by atoms with Gasteiger partial charge in [0.2, 0.25) is 0 Å². The van der Waals surface area contributed by atoms with Crippen LogP contribution < -0.4 is 5.32 Å². The molecule has 0 spiro atoms. The molecule has 2 N–H and O–H groups in total. The number of allylic oxidation sites excluding steroid dienone is 6. The second-order valence-electron chi connectivity index (χ2n) is 15.2. The van der Waals surface area contributed by atoms with Crippen LogP contribution in [0, 0.1) is 0 Å². The Hall–Kier alpha value is -1.77. The fourth-order valence-electron chi connectivity index (χ4n) is 6.22. The van der Waals surface area contributed by atoms with Gasteiger partial charge in [-0.05, 0) is 77.7 Å². The number of nitrogens with one attached hydrogen (secondary N) is 1. The molecule has 328 valence electrons. The fraction of sp³-hybridized carbons (Fsp3) is 0.826. The molecule has 0 aromatic carbocycles. The summed E-state index contributed by atoms with van der Waals surface area (Å²) < 4.78 is 33.2. The van der Waals surface area contributed by atoms with Crippen molar-refractivity contribution < 1.29 is 37.6 Å². The standard InChI is InChI=1S/C46H86NO8P/c1-4-6-8-10-12-14-16-18-20-21-22-23-25-26-28-30-32-34-36-38-45(48)52-42-44(43-54-56(50,51)53-41-40-47-3)55-46(49)39-37-35-33-31-29-27-24-19-17-15-13-11-9-7-5-2/h12,14-15,17-18,20,44,47H,4-11,13,16,19,21-43H2,1-3H3,(H,50,51)/b14-12-,17-15-,20-18-. The van der Waals surface area contributed by atoms with Crippen LogP contribution in [0.1, 0.15) is 206 Å². The predicted octanol–water partition coefficient (Wildman–Crippen LogP) is 13.2. The molecular weight excluding hydrogens is 725 g/mol. The van der Waals surface area contributed by atoms with E-state index in [0.29, 0.717) is 13.0 Å². The van der Waals surface area contributed by atoms with Gasteiger partial charge in [0.05, 0.1) is 13.2 Å². The Bertz CT molecular complexity index is 1020. The van der Waals surface area contributed by atoms with E-state index in [1.807, 2.05) is 0 Å². The second kappa shape index (κ2) is 42.8. The van der Waals surface area contributed by atoms with Crippen LogP contribution in [0.2, 0.25) is 0 Å². The maximum Gasteiger partial charge on any atom is 0.472 e. The maximum absolute atomic E-state index is 12.6. The molecule has 2 unspecified atom stereocenters. The van der Waals surface area contributed by atoms with Gasteiger partial charge < -0.3 is 19.7 Å². The van der Waals surface area contributed by atoms with Gasteiger partial charge in [0.25, 0.3) is 0 Å². The van der Waals surface area contributed by atoms with E-state index in [0.717, 1.165) is 51.4 Å². The second-order valence-corrected chi connectivity index (χ2v) is 16.7. The number of carbonyl (C=O) groups excluding carboxylic acids is 2. The van der Waals surface area contributed by atoms with Crippen molar-refractivity contribution in [3.8, 4) is 0 Å². The summed E-state index contributed by atoms with van der Waals surface area (Å²) in [6, 6.07) is 0. The Morgan fingerprint density at radius 3 is 1.46 bits per heavy atom. The van der Waals surface area contributed by atoms with Gasteiger partial charge in [-0.2, -0.15) is 0 Å². The first-order valence-electron chi connectivity index (χ1n) is 22.9. The van der Waals surface area contributed by atoms with Gasteiger partial charge in [0.1, 0.15) is 6.61 Å². The van der Waals surface area contributed by atoms with Gasteiger partial charge >= 0.3 is 19.8 Å². The van der Waals surface area contributed by atoms with E-state index in [1.54, 1.807) is 7.05 Å². The van der Waals surface area contributed by atoms with E-state index in [-0.39, 0.29) is 32.0 Å². The van der Waals surface area contributed by atoms with Crippen molar-refractivity contribution in [3.63, 3.8) is 0 Å². The Morgan fingerprint density at radius 2 is 0.964 bits per heavy atom. The van der Waals surface area contributed by atoms with Crippen molar-refractivity contribution in [2.24, 2.45) is 0 Å². The lowest BCUT2D eigenvalue weighted by Crippen LogP contribution is -2.29. The molecule has 0 aliphatic heterocycles. The molecule has 0 aliphatic carbocycles. The van der Waals surface area contributed by atoms with E-state index < -0.39 is 26.5 Å². The number of ether oxygens (including phenoxy) is 2. The molecule has 10 heteroatoms. The van der Waals surface area contributed by atoms with Gasteiger partial charge in [-0.15, -0.1) is 0 Å². The van der Waals surface area contributed by atoms with Crippen LogP contribution in [-0.4, -0.2) is 56.3 Å². The van der Waals surface area contributed by atoms with Crippen LogP contribution in [-0.2, 0) is 32.7 Å². The van der Waals surface area contributed by atoms with Crippen LogP contribution in [0.3, 0.4) is 0 Å². The van der Waals surface area contributed by atoms with Gasteiger partial charge in [-0.25, -0.2) is 4.57 Å². The maximum atomic E-state index is 12.6. The quantitative estimate of drug-likeness (QED) is 0.0268. The molecule has 0 aromatic heterocycles. The first-order valence-corrected chi connectivity index (χ1v) is 24.4. The van der Waals surface area contributed by atoms with Crippen LogP contribution in [0.5, 0.6) is 0 Å². The van der Waals surface area contributed by atoms with E-state index >= 15 is 0 Å². The van der Waals surface area contributed by atoms with Crippen molar-refractivity contribution in [2.45, 2.75) is 213 Å². The lowest BCUT2D eigenvalue weighted by molar-refractivity contribution is -0.161. The molecule has 0 rings (SSSR count). The molecule has 0 aliphatic rings. The largest absolute Gasteiger partial charge is 0.472 e. The first kappa shape index (κ1) is 54.2. The zero-order valence-electron chi connectivity index (χ0n) is 36.3. The number of likely N-dealkylation sites (N-methyl/N-ethyl adjacent to an activating group) is 1. The number of rotatable bonds is 43. The molecule has 0 bridgehead atoms. The van der Waals surface area contributed by atoms with E-state index in [9.17, 15) is 19.0 Å². The molecule has 9 nitrogen and oxygen atoms in total. The number of phosphoric ester groups is 1. The molecule has 0 saturated carbocycles. The van der Waals surface area contributed by atoms with E-state index in [1.165, 1.54) is 122 Å². The van der Waals surface area contributed by atoms with Crippen molar-refractivity contribution in [1.29, 1.82) is 0 Å². The molecule has 2 atom stereocenters. The minimum atomic E-state index is -4.35. The normalized spacial score (nSPS) is 13.6. The number of unbranched alkanes of at least 4 members (excludes halogenated alkanes) is 23. The third kappa shape index (κ3) is 41.9. The van der Waals surface area contributed by atoms with Crippen molar-refractivity contribution in [2.75, 3.05) is 33.4 Å². The van der Waals surface area contributed by atoms with E-state index in [2.05, 4.69) is 55.6 Å². The lowest BCUT2D eigenvalue weighted by Gasteiger charge is -2.20. The molecule has 0 saturated heterocycles. The average molecular weight is 812 g/mol. The van der Waals surface area contributed by atoms with Crippen LogP contribution in [0.4, 0.5) is 0 Å². The Morgan fingerprint density at radius 1 is 0.554 bits per heavy atom. The number of esters is 2. The van der Waals surface area contributed by atoms with Crippen molar-refractivity contribution in [1.82, 2.24) is 5.32 Å². The van der Waals surface area contributed by atoms with E-state index in [4.69, 9.17) is 18.5 Å². The molecule has 0 radical (unpaired) electrons. The SMILES string of the molecule is CCCCC/C=C\C/C=C\CCCCCCCCCCCC(=O)OCC(COP(=O)(O)OCCNC)OC(=O)CCCCCCCCC/C=C\CCCCCC. The smallest absolute Gasteiger partial charge is 0.462 e. The number of hydrogen-bond acceptors (Lipinski definition) is 8. The number of hydrogen-bond donors (Lipinski definition) is 2. The van der Waals surface area contributed by atoms with Gasteiger partial charge in [0.15, 0.2) is 6.10 Å². The van der Waals surface area contributed by atoms with Gasteiger partial charge in [-0.1, -0.05) is 159 Å². The summed E-state index contributed by atoms with van der Waals surface area (Å²) in [5.74, 6) is -0.813. The molecule has 0 heterocycles. The summed E-state index contributed by atoms with van der Waals surface area (Å²) in [7, 11) is -2.65. The topological polar surface area (TPSA) is 120 Å². The Labute approximate surface area is 344 Å². The fourth-order valence-corrected chi connectivity index (χ4v) is 6.98. The minimum absolute atomic E-state index is 0.0183. The zero-order valence-corrected chi connectivity index (χ0v) is 37.2. The number of carbonyl (C=O) groups is 2. The average Bonchev–Trinajstić information content (AvgIpc) is 3.18. The minimum Gasteiger partial charge on any atom is -0.462 e. The highest BCUT2D eigenvalue weighted by atomic mass is 31.2. The van der Waals surface area contributed by atoms with Crippen molar-refractivity contribution in [3.05, 3.63) is 36.5 Å². The molecule has 0 aromatic rings. The molecule has 0 fully saturated rings. The monoisotopic (exact) mass is 812 g/mol. The number of phosphoric acid groups is 1.